The van der Waals surface area contributed by atoms with E-state index in [-0.39, 0.29) is 12.5 Å². The molecule has 0 radical (unpaired) electrons. The summed E-state index contributed by atoms with van der Waals surface area (Å²) < 4.78 is 45.7. The minimum atomic E-state index is -5.18. The number of esters is 1. The van der Waals surface area contributed by atoms with Crippen LogP contribution in [0.1, 0.15) is 56.4 Å². The molecular formula is C31H32F3NO3S. The van der Waals surface area contributed by atoms with Gasteiger partial charge in [0.2, 0.25) is 5.91 Å². The molecular weight excluding hydrogens is 523 g/mol. The van der Waals surface area contributed by atoms with Crippen molar-refractivity contribution in [3.63, 3.8) is 0 Å². The Balaban J connectivity index is 1.88. The number of hydrogen-bond acceptors (Lipinski definition) is 4. The van der Waals surface area contributed by atoms with Crippen LogP contribution in [0.4, 0.5) is 13.2 Å². The van der Waals surface area contributed by atoms with E-state index in [2.05, 4.69) is 0 Å². The van der Waals surface area contributed by atoms with Crippen molar-refractivity contribution < 1.29 is 27.5 Å². The minimum absolute atomic E-state index is 0.105. The molecule has 0 saturated carbocycles. The maximum atomic E-state index is 14.2. The van der Waals surface area contributed by atoms with Gasteiger partial charge in [-0.15, -0.1) is 0 Å². The first kappa shape index (κ1) is 28.7. The van der Waals surface area contributed by atoms with Crippen LogP contribution >= 0.6 is 11.8 Å². The Morgan fingerprint density at radius 3 is 2.15 bits per heavy atom. The molecule has 1 fully saturated rings. The van der Waals surface area contributed by atoms with Gasteiger partial charge >= 0.3 is 12.1 Å². The van der Waals surface area contributed by atoms with Crippen LogP contribution < -0.4 is 0 Å². The third-order valence-electron chi connectivity index (χ3n) is 7.12. The van der Waals surface area contributed by atoms with Crippen LogP contribution in [-0.4, -0.2) is 35.0 Å². The monoisotopic (exact) mass is 555 g/mol. The Morgan fingerprint density at radius 2 is 1.56 bits per heavy atom. The van der Waals surface area contributed by atoms with Gasteiger partial charge in [0.25, 0.3) is 0 Å². The molecule has 3 atom stereocenters. The highest BCUT2D eigenvalue weighted by atomic mass is 32.2. The van der Waals surface area contributed by atoms with Gasteiger partial charge in [0.15, 0.2) is 0 Å². The Hall–Kier alpha value is -3.26. The van der Waals surface area contributed by atoms with Crippen LogP contribution in [0.15, 0.2) is 88.7 Å². The van der Waals surface area contributed by atoms with Crippen molar-refractivity contribution in [1.82, 2.24) is 4.90 Å². The summed E-state index contributed by atoms with van der Waals surface area (Å²) in [5.41, 5.74) is 0.378. The van der Waals surface area contributed by atoms with Gasteiger partial charge in [-0.05, 0) is 57.0 Å². The molecule has 0 aromatic heterocycles. The van der Waals surface area contributed by atoms with Gasteiger partial charge in [-0.2, -0.15) is 13.2 Å². The third-order valence-corrected chi connectivity index (χ3v) is 8.22. The Bertz CT molecular complexity index is 1340. The van der Waals surface area contributed by atoms with Crippen molar-refractivity contribution >= 4 is 23.6 Å². The lowest BCUT2D eigenvalue weighted by atomic mass is 9.70. The number of benzene rings is 3. The molecule has 206 valence electrons. The van der Waals surface area contributed by atoms with Gasteiger partial charge in [-0.1, -0.05) is 84.9 Å². The Kier molecular flexibility index (Phi) is 7.90. The molecule has 1 aliphatic heterocycles. The molecule has 0 spiro atoms. The van der Waals surface area contributed by atoms with Crippen molar-refractivity contribution in [3.8, 4) is 0 Å². The topological polar surface area (TPSA) is 46.6 Å². The number of nitrogens with zero attached hydrogens (tertiary/aromatic N) is 1. The summed E-state index contributed by atoms with van der Waals surface area (Å²) in [5.74, 6) is -3.36. The number of aryl methyl sites for hydroxylation is 1. The van der Waals surface area contributed by atoms with Crippen LogP contribution in [0.2, 0.25) is 0 Å². The summed E-state index contributed by atoms with van der Waals surface area (Å²) in [5, 5.41) is 0. The van der Waals surface area contributed by atoms with E-state index in [0.717, 1.165) is 15.4 Å². The fourth-order valence-electron chi connectivity index (χ4n) is 5.17. The molecule has 0 N–H and O–H groups in total. The maximum absolute atomic E-state index is 14.2. The van der Waals surface area contributed by atoms with E-state index in [0.29, 0.717) is 11.1 Å². The van der Waals surface area contributed by atoms with Crippen LogP contribution in [0.25, 0.3) is 0 Å². The molecule has 3 unspecified atom stereocenters. The summed E-state index contributed by atoms with van der Waals surface area (Å²) in [6.07, 6.45) is -6.50. The van der Waals surface area contributed by atoms with Gasteiger partial charge in [-0.3, -0.25) is 4.79 Å². The zero-order valence-corrected chi connectivity index (χ0v) is 23.4. The molecule has 1 aliphatic rings. The number of likely N-dealkylation sites (tertiary alicyclic amines) is 1. The molecule has 1 saturated heterocycles. The Morgan fingerprint density at radius 1 is 0.974 bits per heavy atom. The molecule has 4 nitrogen and oxygen atoms in total. The largest absolute Gasteiger partial charge is 0.490 e. The van der Waals surface area contributed by atoms with E-state index in [9.17, 15) is 22.8 Å². The number of ether oxygens (including phenoxy) is 1. The second-order valence-corrected chi connectivity index (χ2v) is 12.3. The molecule has 3 aromatic carbocycles. The number of carbonyl (C=O) groups excluding carboxylic acids is 2. The van der Waals surface area contributed by atoms with Crippen LogP contribution in [-0.2, 0) is 14.3 Å². The van der Waals surface area contributed by atoms with E-state index in [1.165, 1.54) is 11.8 Å². The zero-order valence-electron chi connectivity index (χ0n) is 22.6. The lowest BCUT2D eigenvalue weighted by molar-refractivity contribution is -0.211. The normalized spacial score (nSPS) is 20.7. The lowest BCUT2D eigenvalue weighted by Crippen LogP contribution is -2.44. The predicted molar refractivity (Wildman–Crippen MR) is 145 cm³/mol. The average Bonchev–Trinajstić information content (AvgIpc) is 3.15. The Labute approximate surface area is 231 Å². The first-order valence-corrected chi connectivity index (χ1v) is 13.5. The second kappa shape index (κ2) is 10.7. The SMILES string of the molecule is Cc1ccc(Sc2ccccc2C2C(=O)N(C(C)(C)C)CC2(C)C(OC(=O)C(F)(F)F)c2ccccc2)cc1. The van der Waals surface area contributed by atoms with Crippen molar-refractivity contribution in [1.29, 1.82) is 0 Å². The smallest absolute Gasteiger partial charge is 0.450 e. The predicted octanol–water partition coefficient (Wildman–Crippen LogP) is 7.72. The summed E-state index contributed by atoms with van der Waals surface area (Å²) in [6.45, 7) is 9.52. The molecule has 0 aliphatic carbocycles. The van der Waals surface area contributed by atoms with Gasteiger partial charge in [0.05, 0.1) is 5.92 Å². The molecule has 1 heterocycles. The number of carbonyl (C=O) groups is 2. The van der Waals surface area contributed by atoms with Gasteiger partial charge < -0.3 is 9.64 Å². The molecule has 39 heavy (non-hydrogen) atoms. The molecule has 3 aromatic rings. The van der Waals surface area contributed by atoms with Crippen molar-refractivity contribution in [2.24, 2.45) is 5.41 Å². The number of hydrogen-bond donors (Lipinski definition) is 0. The highest BCUT2D eigenvalue weighted by Crippen LogP contribution is 2.56. The number of amides is 1. The van der Waals surface area contributed by atoms with Crippen molar-refractivity contribution in [2.75, 3.05) is 6.54 Å². The van der Waals surface area contributed by atoms with Crippen LogP contribution in [0.5, 0.6) is 0 Å². The molecule has 0 bridgehead atoms. The summed E-state index contributed by atoms with van der Waals surface area (Å²) in [4.78, 5) is 29.9. The summed E-state index contributed by atoms with van der Waals surface area (Å²) in [6, 6.07) is 23.8. The highest BCUT2D eigenvalue weighted by Gasteiger charge is 2.59. The van der Waals surface area contributed by atoms with Gasteiger partial charge in [-0.25, -0.2) is 4.79 Å². The fraction of sp³-hybridized carbons (Fsp3) is 0.355. The number of halogens is 3. The zero-order chi connectivity index (χ0) is 28.6. The first-order chi connectivity index (χ1) is 18.2. The highest BCUT2D eigenvalue weighted by molar-refractivity contribution is 7.99. The van der Waals surface area contributed by atoms with Crippen molar-refractivity contribution in [2.45, 2.75) is 68.1 Å². The maximum Gasteiger partial charge on any atom is 0.490 e. The lowest BCUT2D eigenvalue weighted by Gasteiger charge is -2.39. The average molecular weight is 556 g/mol. The fourth-order valence-corrected chi connectivity index (χ4v) is 6.14. The number of alkyl halides is 3. The van der Waals surface area contributed by atoms with Gasteiger partial charge in [0, 0.05) is 27.3 Å². The molecule has 1 amide bonds. The quantitative estimate of drug-likeness (QED) is 0.292. The molecule has 4 rings (SSSR count). The van der Waals surface area contributed by atoms with Gasteiger partial charge in [0.1, 0.15) is 6.10 Å². The minimum Gasteiger partial charge on any atom is -0.450 e. The first-order valence-electron chi connectivity index (χ1n) is 12.7. The summed E-state index contributed by atoms with van der Waals surface area (Å²) in [7, 11) is 0. The van der Waals surface area contributed by atoms with E-state index < -0.39 is 35.1 Å². The van der Waals surface area contributed by atoms with Crippen LogP contribution in [0, 0.1) is 12.3 Å². The number of rotatable bonds is 6. The second-order valence-electron chi connectivity index (χ2n) is 11.2. The summed E-state index contributed by atoms with van der Waals surface area (Å²) >= 11 is 1.49. The van der Waals surface area contributed by atoms with E-state index in [1.54, 1.807) is 42.2 Å². The van der Waals surface area contributed by atoms with Crippen molar-refractivity contribution in [3.05, 3.63) is 95.6 Å². The van der Waals surface area contributed by atoms with E-state index in [1.807, 2.05) is 76.2 Å². The van der Waals surface area contributed by atoms with E-state index >= 15 is 0 Å². The van der Waals surface area contributed by atoms with E-state index in [4.69, 9.17) is 4.74 Å². The molecule has 8 heteroatoms. The van der Waals surface area contributed by atoms with Crippen LogP contribution in [0.3, 0.4) is 0 Å². The third kappa shape index (κ3) is 6.01. The standard InChI is InChI=1S/C31H32F3NO3S/c1-20-15-17-22(18-16-20)39-24-14-10-9-13-23(24)25-27(36)35(29(2,3)4)19-30(25,5)26(21-11-7-6-8-12-21)38-28(37)31(32,33)34/h6-18,25-26H,19H2,1-5H3.